The van der Waals surface area contributed by atoms with Crippen LogP contribution in [0.1, 0.15) is 34.8 Å². The van der Waals surface area contributed by atoms with Gasteiger partial charge in [-0.25, -0.2) is 14.8 Å². The fourth-order valence-corrected chi connectivity index (χ4v) is 5.32. The van der Waals surface area contributed by atoms with E-state index in [9.17, 15) is 14.4 Å². The summed E-state index contributed by atoms with van der Waals surface area (Å²) in [5.41, 5.74) is 7.33. The first-order valence-corrected chi connectivity index (χ1v) is 13.8. The monoisotopic (exact) mass is 621 g/mol. The maximum Gasteiger partial charge on any atom is 0.339 e. The van der Waals surface area contributed by atoms with E-state index in [1.165, 1.54) is 25.8 Å². The average Bonchev–Trinajstić information content (AvgIpc) is 3.46. The van der Waals surface area contributed by atoms with Crippen molar-refractivity contribution >= 4 is 57.5 Å². The molecule has 0 saturated heterocycles. The van der Waals surface area contributed by atoms with Crippen molar-refractivity contribution < 1.29 is 19.2 Å². The van der Waals surface area contributed by atoms with Crippen molar-refractivity contribution in [3.8, 4) is 11.1 Å². The molecule has 0 aliphatic heterocycles. The summed E-state index contributed by atoms with van der Waals surface area (Å²) in [6, 6.07) is 9.82. The van der Waals surface area contributed by atoms with Crippen LogP contribution in [0, 0.1) is 0 Å². The smallest absolute Gasteiger partial charge is 0.339 e. The summed E-state index contributed by atoms with van der Waals surface area (Å²) in [7, 11) is 1.34. The second-order valence-corrected chi connectivity index (χ2v) is 10.1. The van der Waals surface area contributed by atoms with Gasteiger partial charge in [0.2, 0.25) is 5.91 Å². The molecule has 0 aliphatic rings. The van der Waals surface area contributed by atoms with E-state index < -0.39 is 23.4 Å². The van der Waals surface area contributed by atoms with Gasteiger partial charge >= 0.3 is 5.97 Å². The van der Waals surface area contributed by atoms with Crippen LogP contribution in [0.2, 0.25) is 10.0 Å². The number of anilines is 2. The number of aromatic amines is 1. The Labute approximate surface area is 254 Å². The van der Waals surface area contributed by atoms with Crippen molar-refractivity contribution in [1.82, 2.24) is 24.7 Å². The summed E-state index contributed by atoms with van der Waals surface area (Å²) in [5, 5.41) is 4.16. The third kappa shape index (κ3) is 6.01. The van der Waals surface area contributed by atoms with E-state index in [2.05, 4.69) is 25.3 Å². The van der Waals surface area contributed by atoms with Gasteiger partial charge in [0.05, 0.1) is 56.2 Å². The van der Waals surface area contributed by atoms with Crippen LogP contribution in [-0.4, -0.2) is 50.3 Å². The van der Waals surface area contributed by atoms with Crippen molar-refractivity contribution in [2.75, 3.05) is 19.0 Å². The number of esters is 1. The van der Waals surface area contributed by atoms with Crippen LogP contribution in [0.3, 0.4) is 0 Å². The van der Waals surface area contributed by atoms with Gasteiger partial charge in [-0.2, -0.15) is 0 Å². The Morgan fingerprint density at radius 3 is 2.58 bits per heavy atom. The Balaban J connectivity index is 1.50. The van der Waals surface area contributed by atoms with Crippen molar-refractivity contribution in [3.63, 3.8) is 0 Å². The van der Waals surface area contributed by atoms with Crippen LogP contribution in [0.4, 0.5) is 11.4 Å². The number of nitrogens with zero attached hydrogens (tertiary/aromatic N) is 4. The minimum absolute atomic E-state index is 0.0629. The normalized spacial score (nSPS) is 11.7. The number of nitrogens with two attached hydrogens (primary N) is 1. The lowest BCUT2D eigenvalue weighted by Gasteiger charge is -2.20. The molecule has 1 atom stereocenters. The Morgan fingerprint density at radius 2 is 1.88 bits per heavy atom. The lowest BCUT2D eigenvalue weighted by atomic mass is 9.97. The van der Waals surface area contributed by atoms with E-state index in [0.717, 1.165) is 4.73 Å². The fraction of sp³-hybridized carbons (Fsp3) is 0.172. The summed E-state index contributed by atoms with van der Waals surface area (Å²) in [5.74, 6) is -1.90. The molecule has 0 radical (unpaired) electrons. The Hall–Kier alpha value is -4.94. The van der Waals surface area contributed by atoms with Crippen molar-refractivity contribution in [1.29, 1.82) is 0 Å². The van der Waals surface area contributed by atoms with Crippen LogP contribution >= 0.6 is 23.2 Å². The van der Waals surface area contributed by atoms with Crippen LogP contribution in [0.5, 0.6) is 0 Å². The van der Waals surface area contributed by atoms with Gasteiger partial charge in [0.15, 0.2) is 5.65 Å². The third-order valence-electron chi connectivity index (χ3n) is 6.69. The first-order valence-electron chi connectivity index (χ1n) is 13.0. The van der Waals surface area contributed by atoms with Crippen molar-refractivity contribution in [2.45, 2.75) is 18.8 Å². The van der Waals surface area contributed by atoms with Crippen LogP contribution in [0.25, 0.3) is 22.2 Å². The van der Waals surface area contributed by atoms with Crippen molar-refractivity contribution in [2.24, 2.45) is 5.73 Å². The van der Waals surface area contributed by atoms with E-state index in [1.807, 2.05) is 0 Å². The number of benzene rings is 1. The fourth-order valence-electron chi connectivity index (χ4n) is 4.73. The van der Waals surface area contributed by atoms with Gasteiger partial charge in [0.25, 0.3) is 5.56 Å². The Morgan fingerprint density at radius 1 is 1.09 bits per heavy atom. The molecule has 4 heterocycles. The summed E-state index contributed by atoms with van der Waals surface area (Å²) in [4.78, 5) is 59.4. The zero-order valence-electron chi connectivity index (χ0n) is 22.7. The molecule has 4 N–H and O–H groups in total. The highest BCUT2D eigenvalue weighted by atomic mass is 35.5. The molecular weight excluding hydrogens is 597 g/mol. The second kappa shape index (κ2) is 12.9. The second-order valence-electron chi connectivity index (χ2n) is 9.29. The zero-order valence-corrected chi connectivity index (χ0v) is 24.2. The van der Waals surface area contributed by atoms with E-state index in [4.69, 9.17) is 38.5 Å². The number of nitrogens with one attached hydrogen (secondary N) is 2. The topological polar surface area (TPSA) is 167 Å². The molecule has 1 aromatic carbocycles. The highest BCUT2D eigenvalue weighted by molar-refractivity contribution is 6.39. The molecule has 0 spiro atoms. The Bertz CT molecular complexity index is 1840. The van der Waals surface area contributed by atoms with E-state index in [0.29, 0.717) is 34.4 Å². The van der Waals surface area contributed by atoms with Crippen LogP contribution in [-0.2, 0) is 9.53 Å². The largest absolute Gasteiger partial charge is 0.462 e. The zero-order chi connectivity index (χ0) is 30.5. The van der Waals surface area contributed by atoms with Crippen LogP contribution < -0.4 is 21.4 Å². The molecule has 0 aliphatic carbocycles. The highest BCUT2D eigenvalue weighted by Gasteiger charge is 2.27. The number of halogens is 2. The minimum Gasteiger partial charge on any atom is -0.462 e. The SMILES string of the molecule is COn1c(=O)c(-c2c(Cl)cccc2Cl)c(Nc2cc[nH]c2C(CCCOC(=O)c2cccnc2)C(N)=O)c2cncnc21. The molecular formula is C29H25Cl2N7O5. The molecule has 43 heavy (non-hydrogen) atoms. The number of fused-ring (bicyclic) bond motifs is 1. The third-order valence-corrected chi connectivity index (χ3v) is 7.32. The number of carbonyl (C=O) groups excluding carboxylic acids is 2. The maximum atomic E-state index is 13.8. The molecule has 220 valence electrons. The molecule has 1 amide bonds. The predicted octanol–water partition coefficient (Wildman–Crippen LogP) is 4.50. The summed E-state index contributed by atoms with van der Waals surface area (Å²) < 4.78 is 6.35. The number of ether oxygens (including phenoxy) is 1. The van der Waals surface area contributed by atoms with Gasteiger partial charge < -0.3 is 25.6 Å². The summed E-state index contributed by atoms with van der Waals surface area (Å²) in [6.45, 7) is 0.0629. The number of pyridine rings is 2. The first kappa shape index (κ1) is 29.5. The number of carbonyl (C=O) groups is 2. The number of amides is 1. The molecule has 5 rings (SSSR count). The van der Waals surface area contributed by atoms with Crippen molar-refractivity contribution in [3.05, 3.63) is 99.2 Å². The quantitative estimate of drug-likeness (QED) is 0.142. The molecule has 5 aromatic rings. The molecule has 14 heteroatoms. The number of hydrogen-bond donors (Lipinski definition) is 3. The van der Waals surface area contributed by atoms with Gasteiger partial charge in [-0.15, -0.1) is 4.73 Å². The highest BCUT2D eigenvalue weighted by Crippen LogP contribution is 2.41. The number of hydrogen-bond acceptors (Lipinski definition) is 9. The molecule has 1 unspecified atom stereocenters. The number of H-pyrrole nitrogens is 1. The predicted molar refractivity (Wildman–Crippen MR) is 162 cm³/mol. The molecule has 0 bridgehead atoms. The summed E-state index contributed by atoms with van der Waals surface area (Å²) >= 11 is 13.1. The lowest BCUT2D eigenvalue weighted by molar-refractivity contribution is -0.119. The van der Waals surface area contributed by atoms with Gasteiger partial charge in [-0.1, -0.05) is 29.3 Å². The average molecular weight is 622 g/mol. The molecule has 0 saturated carbocycles. The van der Waals surface area contributed by atoms with E-state index in [1.54, 1.807) is 48.8 Å². The van der Waals surface area contributed by atoms with Gasteiger partial charge in [-0.05, 0) is 43.2 Å². The Kier molecular flexibility index (Phi) is 8.88. The first-order chi connectivity index (χ1) is 20.8. The van der Waals surface area contributed by atoms with Gasteiger partial charge in [-0.3, -0.25) is 14.6 Å². The van der Waals surface area contributed by atoms with E-state index >= 15 is 0 Å². The summed E-state index contributed by atoms with van der Waals surface area (Å²) in [6.07, 6.45) is 8.02. The standard InChI is InChI=1S/C29H25Cl2N7O5/c1-42-38-27-18(14-34-15-36-27)25(23(28(38)40)22-19(30)7-2-8-20(22)31)37-21-9-11-35-24(21)17(26(32)39)6-4-12-43-29(41)16-5-3-10-33-13-16/h2-3,5,7-11,13-15,17,35,37H,4,6,12H2,1H3,(H2,32,39). The van der Waals surface area contributed by atoms with E-state index in [-0.39, 0.29) is 39.8 Å². The lowest BCUT2D eigenvalue weighted by Crippen LogP contribution is -2.28. The van der Waals surface area contributed by atoms with Gasteiger partial charge in [0.1, 0.15) is 13.4 Å². The maximum absolute atomic E-state index is 13.8. The number of primary amides is 1. The number of aromatic nitrogens is 5. The van der Waals surface area contributed by atoms with Crippen LogP contribution in [0.15, 0.2) is 72.3 Å². The molecule has 0 fully saturated rings. The molecule has 4 aromatic heterocycles. The minimum atomic E-state index is -0.788. The number of rotatable bonds is 11. The van der Waals surface area contributed by atoms with Gasteiger partial charge in [0, 0.05) is 30.4 Å². The molecule has 12 nitrogen and oxygen atoms in total.